The first-order valence-corrected chi connectivity index (χ1v) is 7.86. The number of para-hydroxylation sites is 1. The number of hydrogen-bond acceptors (Lipinski definition) is 3. The third kappa shape index (κ3) is 3.62. The van der Waals surface area contributed by atoms with Crippen LogP contribution >= 0.6 is 11.6 Å². The fourth-order valence-corrected chi connectivity index (χ4v) is 2.75. The molecule has 0 aromatic heterocycles. The predicted octanol–water partition coefficient (Wildman–Crippen LogP) is 3.64. The van der Waals surface area contributed by atoms with Gasteiger partial charge in [0.25, 0.3) is 0 Å². The molecule has 2 aromatic carbocycles. The maximum atomic E-state index is 5.92. The quantitative estimate of drug-likeness (QED) is 0.929. The van der Waals surface area contributed by atoms with E-state index in [-0.39, 0.29) is 0 Å². The van der Waals surface area contributed by atoms with Gasteiger partial charge in [-0.3, -0.25) is 0 Å². The zero-order valence-electron chi connectivity index (χ0n) is 12.5. The molecule has 0 spiro atoms. The van der Waals surface area contributed by atoms with E-state index in [1.807, 2.05) is 24.3 Å². The highest BCUT2D eigenvalue weighted by Crippen LogP contribution is 2.17. The van der Waals surface area contributed by atoms with Crippen LogP contribution in [0.25, 0.3) is 5.70 Å². The van der Waals surface area contributed by atoms with Gasteiger partial charge < -0.3 is 10.3 Å². The van der Waals surface area contributed by atoms with Gasteiger partial charge in [-0.1, -0.05) is 48.5 Å². The van der Waals surface area contributed by atoms with Gasteiger partial charge in [0.05, 0.1) is 0 Å². The molecule has 1 fully saturated rings. The molecule has 22 heavy (non-hydrogen) atoms. The molecule has 3 nitrogen and oxygen atoms in total. The van der Waals surface area contributed by atoms with Crippen molar-refractivity contribution in [2.75, 3.05) is 31.1 Å². The van der Waals surface area contributed by atoms with Crippen molar-refractivity contribution in [3.8, 4) is 0 Å². The van der Waals surface area contributed by atoms with E-state index in [4.69, 9.17) is 11.6 Å². The number of halogens is 1. The fourth-order valence-electron chi connectivity index (χ4n) is 2.62. The summed E-state index contributed by atoms with van der Waals surface area (Å²) in [7, 11) is 0. The highest BCUT2D eigenvalue weighted by atomic mass is 35.5. The molecule has 4 heteroatoms. The lowest BCUT2D eigenvalue weighted by molar-refractivity contribution is 0.215. The molecule has 1 aliphatic heterocycles. The van der Waals surface area contributed by atoms with Crippen LogP contribution < -0.4 is 10.3 Å². The Kier molecular flexibility index (Phi) is 4.66. The maximum Gasteiger partial charge on any atom is 0.0490 e. The first-order chi connectivity index (χ1) is 10.7. The largest absolute Gasteiger partial charge is 0.369 e. The van der Waals surface area contributed by atoms with Gasteiger partial charge in [0, 0.05) is 42.6 Å². The second kappa shape index (κ2) is 6.86. The SMILES string of the molecule is C=C(NN1CCN(c2ccccc2)CC1)c1ccc(Cl)cc1. The zero-order valence-corrected chi connectivity index (χ0v) is 13.3. The molecular weight excluding hydrogens is 294 g/mol. The topological polar surface area (TPSA) is 18.5 Å². The standard InChI is InChI=1S/C18H20ClN3/c1-15(16-7-9-17(19)10-8-16)20-22-13-11-21(12-14-22)18-5-3-2-4-6-18/h2-10,20H,1,11-14H2. The van der Waals surface area contributed by atoms with E-state index < -0.39 is 0 Å². The molecule has 1 saturated heterocycles. The van der Waals surface area contributed by atoms with Crippen molar-refractivity contribution in [2.45, 2.75) is 0 Å². The van der Waals surface area contributed by atoms with Crippen LogP contribution in [0.15, 0.2) is 61.2 Å². The molecule has 0 radical (unpaired) electrons. The van der Waals surface area contributed by atoms with Gasteiger partial charge in [-0.2, -0.15) is 0 Å². The summed E-state index contributed by atoms with van der Waals surface area (Å²) < 4.78 is 0. The van der Waals surface area contributed by atoms with Crippen LogP contribution in [0.4, 0.5) is 5.69 Å². The Hall–Kier alpha value is -1.97. The number of rotatable bonds is 4. The van der Waals surface area contributed by atoms with Crippen molar-refractivity contribution in [1.29, 1.82) is 0 Å². The molecule has 1 N–H and O–H groups in total. The van der Waals surface area contributed by atoms with Crippen LogP contribution in [-0.4, -0.2) is 31.2 Å². The molecule has 3 rings (SSSR count). The summed E-state index contributed by atoms with van der Waals surface area (Å²) >= 11 is 5.92. The minimum Gasteiger partial charge on any atom is -0.369 e. The average molecular weight is 314 g/mol. The molecule has 0 saturated carbocycles. The lowest BCUT2D eigenvalue weighted by atomic mass is 10.2. The fraction of sp³-hybridized carbons (Fsp3) is 0.222. The molecular formula is C18H20ClN3. The van der Waals surface area contributed by atoms with Crippen molar-refractivity contribution in [3.63, 3.8) is 0 Å². The molecule has 1 aliphatic rings. The van der Waals surface area contributed by atoms with Crippen molar-refractivity contribution in [2.24, 2.45) is 0 Å². The van der Waals surface area contributed by atoms with Gasteiger partial charge in [-0.25, -0.2) is 5.01 Å². The second-order valence-electron chi connectivity index (χ2n) is 5.41. The first kappa shape index (κ1) is 14.9. The Morgan fingerprint density at radius 1 is 0.909 bits per heavy atom. The van der Waals surface area contributed by atoms with Gasteiger partial charge in [0.15, 0.2) is 0 Å². The Labute approximate surface area is 136 Å². The Morgan fingerprint density at radius 3 is 2.18 bits per heavy atom. The van der Waals surface area contributed by atoms with Crippen LogP contribution in [-0.2, 0) is 0 Å². The minimum atomic E-state index is 0.744. The lowest BCUT2D eigenvalue weighted by Crippen LogP contribution is -2.51. The normalized spacial score (nSPS) is 15.6. The number of anilines is 1. The van der Waals surface area contributed by atoms with Crippen LogP contribution in [0.2, 0.25) is 5.02 Å². The van der Waals surface area contributed by atoms with Gasteiger partial charge in [0.1, 0.15) is 0 Å². The van der Waals surface area contributed by atoms with Crippen molar-refractivity contribution >= 4 is 23.0 Å². The van der Waals surface area contributed by atoms with Gasteiger partial charge in [-0.15, -0.1) is 0 Å². The van der Waals surface area contributed by atoms with Crippen molar-refractivity contribution in [3.05, 3.63) is 71.8 Å². The smallest absolute Gasteiger partial charge is 0.0490 e. The third-order valence-corrected chi connectivity index (χ3v) is 4.14. The number of hydrazine groups is 1. The average Bonchev–Trinajstić information content (AvgIpc) is 2.57. The molecule has 1 heterocycles. The molecule has 0 aliphatic carbocycles. The van der Waals surface area contributed by atoms with Gasteiger partial charge in [0.2, 0.25) is 0 Å². The summed E-state index contributed by atoms with van der Waals surface area (Å²) in [6.07, 6.45) is 0. The van der Waals surface area contributed by atoms with Crippen LogP contribution in [0.5, 0.6) is 0 Å². The summed E-state index contributed by atoms with van der Waals surface area (Å²) in [4.78, 5) is 2.41. The third-order valence-electron chi connectivity index (χ3n) is 3.89. The number of hydrogen-bond donors (Lipinski definition) is 1. The summed E-state index contributed by atoms with van der Waals surface area (Å²) in [5, 5.41) is 2.96. The molecule has 0 unspecified atom stereocenters. The first-order valence-electron chi connectivity index (χ1n) is 7.49. The van der Waals surface area contributed by atoms with E-state index in [2.05, 4.69) is 52.2 Å². The second-order valence-corrected chi connectivity index (χ2v) is 5.84. The van der Waals surface area contributed by atoms with Gasteiger partial charge in [-0.05, 0) is 29.8 Å². The molecule has 0 atom stereocenters. The Bertz CT molecular complexity index is 617. The molecule has 0 bridgehead atoms. The summed E-state index contributed by atoms with van der Waals surface area (Å²) in [6, 6.07) is 18.3. The molecule has 0 amide bonds. The van der Waals surface area contributed by atoms with E-state index in [1.165, 1.54) is 5.69 Å². The van der Waals surface area contributed by atoms with Gasteiger partial charge >= 0.3 is 0 Å². The zero-order chi connectivity index (χ0) is 15.4. The number of nitrogens with zero attached hydrogens (tertiary/aromatic N) is 2. The van der Waals surface area contributed by atoms with Crippen LogP contribution in [0, 0.1) is 0 Å². The Balaban J connectivity index is 1.53. The molecule has 114 valence electrons. The van der Waals surface area contributed by atoms with E-state index in [1.54, 1.807) is 0 Å². The summed E-state index contributed by atoms with van der Waals surface area (Å²) in [5.41, 5.74) is 6.66. The van der Waals surface area contributed by atoms with Crippen molar-refractivity contribution in [1.82, 2.24) is 10.4 Å². The van der Waals surface area contributed by atoms with Crippen LogP contribution in [0.1, 0.15) is 5.56 Å². The maximum absolute atomic E-state index is 5.92. The summed E-state index contributed by atoms with van der Waals surface area (Å²) in [5.74, 6) is 0. The lowest BCUT2D eigenvalue weighted by Gasteiger charge is -2.36. The summed E-state index contributed by atoms with van der Waals surface area (Å²) in [6.45, 7) is 8.05. The number of benzene rings is 2. The monoisotopic (exact) mass is 313 g/mol. The van der Waals surface area contributed by atoms with E-state index in [0.29, 0.717) is 0 Å². The Morgan fingerprint density at radius 2 is 1.55 bits per heavy atom. The molecule has 2 aromatic rings. The minimum absolute atomic E-state index is 0.744. The highest BCUT2D eigenvalue weighted by molar-refractivity contribution is 6.30. The van der Waals surface area contributed by atoms with E-state index in [0.717, 1.165) is 42.5 Å². The number of nitrogens with one attached hydrogen (secondary N) is 1. The van der Waals surface area contributed by atoms with E-state index in [9.17, 15) is 0 Å². The van der Waals surface area contributed by atoms with Crippen molar-refractivity contribution < 1.29 is 0 Å². The predicted molar refractivity (Wildman–Crippen MR) is 93.8 cm³/mol. The highest BCUT2D eigenvalue weighted by Gasteiger charge is 2.17. The number of piperazine rings is 1. The van der Waals surface area contributed by atoms with Crippen LogP contribution in [0.3, 0.4) is 0 Å². The van der Waals surface area contributed by atoms with E-state index >= 15 is 0 Å².